The van der Waals surface area contributed by atoms with E-state index >= 15 is 0 Å². The van der Waals surface area contributed by atoms with E-state index in [-0.39, 0.29) is 0 Å². The van der Waals surface area contributed by atoms with E-state index in [2.05, 4.69) is 49.7 Å². The van der Waals surface area contributed by atoms with Crippen LogP contribution >= 0.6 is 0 Å². The maximum atomic E-state index is 3.55. The van der Waals surface area contributed by atoms with Crippen LogP contribution in [0.2, 0.25) is 0 Å². The van der Waals surface area contributed by atoms with Crippen LogP contribution in [0.4, 0.5) is 0 Å². The highest BCUT2D eigenvalue weighted by molar-refractivity contribution is 4.80. The third-order valence-electron chi connectivity index (χ3n) is 4.32. The van der Waals surface area contributed by atoms with Crippen molar-refractivity contribution in [3.05, 3.63) is 0 Å². The highest BCUT2D eigenvalue weighted by atomic mass is 15.3. The van der Waals surface area contributed by atoms with Crippen molar-refractivity contribution < 1.29 is 0 Å². The third-order valence-corrected chi connectivity index (χ3v) is 4.32. The summed E-state index contributed by atoms with van der Waals surface area (Å²) in [7, 11) is 0. The molecule has 1 saturated heterocycles. The largest absolute Gasteiger partial charge is 0.316 e. The summed E-state index contributed by atoms with van der Waals surface area (Å²) in [5.41, 5.74) is 0. The van der Waals surface area contributed by atoms with Crippen molar-refractivity contribution in [1.29, 1.82) is 0 Å². The molecule has 2 unspecified atom stereocenters. The molecule has 0 aromatic rings. The van der Waals surface area contributed by atoms with Gasteiger partial charge in [0.25, 0.3) is 0 Å². The zero-order chi connectivity index (χ0) is 14.3. The van der Waals surface area contributed by atoms with Gasteiger partial charge in [-0.2, -0.15) is 0 Å². The van der Waals surface area contributed by atoms with Gasteiger partial charge in [-0.1, -0.05) is 27.7 Å². The first-order chi connectivity index (χ1) is 9.04. The lowest BCUT2D eigenvalue weighted by atomic mass is 10.0. The van der Waals surface area contributed by atoms with Crippen molar-refractivity contribution in [2.45, 2.75) is 47.1 Å². The average Bonchev–Trinajstić information content (AvgIpc) is 2.38. The molecule has 0 radical (unpaired) electrons. The van der Waals surface area contributed by atoms with Crippen molar-refractivity contribution in [3.8, 4) is 0 Å². The Balaban J connectivity index is 2.25. The monoisotopic (exact) mass is 269 g/mol. The fraction of sp³-hybridized carbons (Fsp3) is 1.00. The zero-order valence-corrected chi connectivity index (χ0v) is 13.8. The fourth-order valence-corrected chi connectivity index (χ4v) is 2.91. The first kappa shape index (κ1) is 16.9. The lowest BCUT2D eigenvalue weighted by Crippen LogP contribution is -2.52. The number of piperazine rings is 1. The van der Waals surface area contributed by atoms with Gasteiger partial charge in [0, 0.05) is 38.8 Å². The molecule has 0 spiro atoms. The Morgan fingerprint density at radius 3 is 2.16 bits per heavy atom. The van der Waals surface area contributed by atoms with Gasteiger partial charge in [0.05, 0.1) is 0 Å². The molecule has 0 aromatic carbocycles. The van der Waals surface area contributed by atoms with Gasteiger partial charge in [0.15, 0.2) is 0 Å². The summed E-state index contributed by atoms with van der Waals surface area (Å²) in [4.78, 5) is 5.29. The van der Waals surface area contributed by atoms with Crippen LogP contribution in [-0.4, -0.2) is 61.7 Å². The Bertz CT molecular complexity index is 222. The van der Waals surface area contributed by atoms with Crippen molar-refractivity contribution in [1.82, 2.24) is 15.1 Å². The Kier molecular flexibility index (Phi) is 7.96. The van der Waals surface area contributed by atoms with Crippen molar-refractivity contribution in [2.24, 2.45) is 11.8 Å². The molecule has 19 heavy (non-hydrogen) atoms. The van der Waals surface area contributed by atoms with E-state index in [0.717, 1.165) is 24.9 Å². The van der Waals surface area contributed by atoms with Gasteiger partial charge < -0.3 is 10.2 Å². The second-order valence-corrected chi connectivity index (χ2v) is 6.65. The van der Waals surface area contributed by atoms with Crippen LogP contribution in [0, 0.1) is 11.8 Å². The van der Waals surface area contributed by atoms with E-state index in [1.165, 1.54) is 39.1 Å². The maximum absolute atomic E-state index is 3.55. The quantitative estimate of drug-likeness (QED) is 0.682. The van der Waals surface area contributed by atoms with Gasteiger partial charge >= 0.3 is 0 Å². The minimum absolute atomic E-state index is 0.700. The van der Waals surface area contributed by atoms with Crippen LogP contribution in [0.5, 0.6) is 0 Å². The minimum Gasteiger partial charge on any atom is -0.316 e. The van der Waals surface area contributed by atoms with Crippen LogP contribution < -0.4 is 5.32 Å². The van der Waals surface area contributed by atoms with E-state index in [0.29, 0.717) is 6.04 Å². The van der Waals surface area contributed by atoms with Gasteiger partial charge in [-0.25, -0.2) is 0 Å². The van der Waals surface area contributed by atoms with Crippen molar-refractivity contribution >= 4 is 0 Å². The standard InChI is InChI=1S/C16H35N3/c1-6-7-17-12-15(4)16(5)19-10-8-18(9-11-19)13-14(2)3/h14-17H,6-13H2,1-5H3. The summed E-state index contributed by atoms with van der Waals surface area (Å²) in [5.74, 6) is 1.53. The van der Waals surface area contributed by atoms with Crippen LogP contribution in [0.15, 0.2) is 0 Å². The summed E-state index contributed by atoms with van der Waals surface area (Å²) in [6.45, 7) is 20.2. The molecule has 0 bridgehead atoms. The van der Waals surface area contributed by atoms with E-state index in [9.17, 15) is 0 Å². The third kappa shape index (κ3) is 6.24. The van der Waals surface area contributed by atoms with Crippen LogP contribution in [0.3, 0.4) is 0 Å². The summed E-state index contributed by atoms with van der Waals surface area (Å²) in [5, 5.41) is 3.55. The minimum atomic E-state index is 0.700. The molecule has 3 heteroatoms. The summed E-state index contributed by atoms with van der Waals surface area (Å²) in [6.07, 6.45) is 1.23. The molecule has 0 aliphatic carbocycles. The Morgan fingerprint density at radius 1 is 1.00 bits per heavy atom. The van der Waals surface area contributed by atoms with Gasteiger partial charge in [-0.15, -0.1) is 0 Å². The van der Waals surface area contributed by atoms with Crippen molar-refractivity contribution in [3.63, 3.8) is 0 Å². The van der Waals surface area contributed by atoms with Crippen LogP contribution in [-0.2, 0) is 0 Å². The number of nitrogens with zero attached hydrogens (tertiary/aromatic N) is 2. The molecule has 1 heterocycles. The van der Waals surface area contributed by atoms with Crippen LogP contribution in [0.25, 0.3) is 0 Å². The molecule has 1 rings (SSSR count). The fourth-order valence-electron chi connectivity index (χ4n) is 2.91. The first-order valence-electron chi connectivity index (χ1n) is 8.21. The van der Waals surface area contributed by atoms with Gasteiger partial charge in [0.1, 0.15) is 0 Å². The van der Waals surface area contributed by atoms with E-state index in [1.54, 1.807) is 0 Å². The average molecular weight is 269 g/mol. The zero-order valence-electron chi connectivity index (χ0n) is 13.8. The Morgan fingerprint density at radius 2 is 1.63 bits per heavy atom. The van der Waals surface area contributed by atoms with E-state index in [4.69, 9.17) is 0 Å². The molecule has 114 valence electrons. The number of nitrogens with one attached hydrogen (secondary N) is 1. The Labute approximate surface area is 120 Å². The van der Waals surface area contributed by atoms with Crippen LogP contribution in [0.1, 0.15) is 41.0 Å². The molecule has 1 aliphatic heterocycles. The predicted octanol–water partition coefficient (Wildman–Crippen LogP) is 2.28. The SMILES string of the molecule is CCCNCC(C)C(C)N1CCN(CC(C)C)CC1. The second kappa shape index (κ2) is 8.93. The first-order valence-corrected chi connectivity index (χ1v) is 8.21. The lowest BCUT2D eigenvalue weighted by Gasteiger charge is -2.40. The van der Waals surface area contributed by atoms with Gasteiger partial charge in [-0.3, -0.25) is 4.90 Å². The second-order valence-electron chi connectivity index (χ2n) is 6.65. The summed E-state index contributed by atoms with van der Waals surface area (Å²) >= 11 is 0. The number of hydrogen-bond donors (Lipinski definition) is 1. The van der Waals surface area contributed by atoms with E-state index < -0.39 is 0 Å². The van der Waals surface area contributed by atoms with E-state index in [1.807, 2.05) is 0 Å². The Hall–Kier alpha value is -0.120. The molecule has 1 N–H and O–H groups in total. The molecule has 1 aliphatic rings. The lowest BCUT2D eigenvalue weighted by molar-refractivity contribution is 0.0748. The topological polar surface area (TPSA) is 18.5 Å². The highest BCUT2D eigenvalue weighted by Crippen LogP contribution is 2.14. The molecule has 2 atom stereocenters. The van der Waals surface area contributed by atoms with Crippen molar-refractivity contribution in [2.75, 3.05) is 45.8 Å². The number of rotatable bonds is 8. The molecular formula is C16H35N3. The van der Waals surface area contributed by atoms with Gasteiger partial charge in [-0.05, 0) is 38.3 Å². The summed E-state index contributed by atoms with van der Waals surface area (Å²) in [6, 6.07) is 0.700. The van der Waals surface area contributed by atoms with Gasteiger partial charge in [0.2, 0.25) is 0 Å². The maximum Gasteiger partial charge on any atom is 0.0113 e. The molecule has 0 aromatic heterocycles. The molecule has 3 nitrogen and oxygen atoms in total. The molecule has 0 saturated carbocycles. The molecular weight excluding hydrogens is 234 g/mol. The number of hydrogen-bond acceptors (Lipinski definition) is 3. The summed E-state index contributed by atoms with van der Waals surface area (Å²) < 4.78 is 0. The smallest absolute Gasteiger partial charge is 0.0113 e. The molecule has 1 fully saturated rings. The highest BCUT2D eigenvalue weighted by Gasteiger charge is 2.24. The predicted molar refractivity (Wildman–Crippen MR) is 84.6 cm³/mol. The normalized spacial score (nSPS) is 21.8. The molecule has 0 amide bonds.